The van der Waals surface area contributed by atoms with Crippen molar-refractivity contribution >= 4 is 39.1 Å². The second-order valence-corrected chi connectivity index (χ2v) is 7.02. The second kappa shape index (κ2) is 6.50. The lowest BCUT2D eigenvalue weighted by molar-refractivity contribution is 0.0696. The van der Waals surface area contributed by atoms with Crippen molar-refractivity contribution in [2.75, 3.05) is 13.2 Å². The molecule has 0 bridgehead atoms. The monoisotopic (exact) mass is 352 g/mol. The minimum absolute atomic E-state index is 0.00590. The molecule has 0 radical (unpaired) electrons. The van der Waals surface area contributed by atoms with E-state index in [2.05, 4.69) is 5.32 Å². The van der Waals surface area contributed by atoms with Gasteiger partial charge in [-0.05, 0) is 25.0 Å². The third-order valence-electron chi connectivity index (χ3n) is 3.13. The summed E-state index contributed by atoms with van der Waals surface area (Å²) in [5, 5.41) is 7.79. The molecule has 1 heterocycles. The molecule has 1 aliphatic heterocycles. The van der Waals surface area contributed by atoms with Gasteiger partial charge in [-0.25, -0.2) is 13.6 Å². The Morgan fingerprint density at radius 1 is 1.29 bits per heavy atom. The van der Waals surface area contributed by atoms with Gasteiger partial charge in [0.05, 0.1) is 20.5 Å². The number of amides is 1. The van der Waals surface area contributed by atoms with E-state index >= 15 is 0 Å². The Kier molecular flexibility index (Phi) is 5.11. The van der Waals surface area contributed by atoms with Crippen molar-refractivity contribution in [1.29, 1.82) is 0 Å². The largest absolute Gasteiger partial charge is 0.381 e. The molecule has 0 unspecified atom stereocenters. The molecule has 0 aromatic heterocycles. The molecule has 21 heavy (non-hydrogen) atoms. The van der Waals surface area contributed by atoms with Gasteiger partial charge in [-0.1, -0.05) is 23.2 Å². The van der Waals surface area contributed by atoms with Crippen LogP contribution in [0.2, 0.25) is 10.0 Å². The maximum Gasteiger partial charge on any atom is 0.253 e. The normalized spacial score (nSPS) is 16.7. The average Bonchev–Trinajstić information content (AvgIpc) is 2.41. The summed E-state index contributed by atoms with van der Waals surface area (Å²) in [5.41, 5.74) is -0.0142. The number of nitrogens with two attached hydrogens (primary N) is 1. The highest BCUT2D eigenvalue weighted by Gasteiger charge is 2.22. The van der Waals surface area contributed by atoms with Crippen LogP contribution in [-0.4, -0.2) is 33.6 Å². The first-order valence-corrected chi connectivity index (χ1v) is 8.49. The molecule has 0 saturated carbocycles. The van der Waals surface area contributed by atoms with Gasteiger partial charge in [0.15, 0.2) is 0 Å². The summed E-state index contributed by atoms with van der Waals surface area (Å²) in [6.07, 6.45) is 1.37. The Morgan fingerprint density at radius 2 is 1.90 bits per heavy atom. The number of sulfonamides is 1. The van der Waals surface area contributed by atoms with E-state index in [1.54, 1.807) is 0 Å². The SMILES string of the molecule is NS(=O)(=O)c1cc(Cl)c(Cl)c(C(=O)NC2CCOCC2)c1. The molecule has 1 amide bonds. The lowest BCUT2D eigenvalue weighted by Gasteiger charge is -2.23. The van der Waals surface area contributed by atoms with E-state index in [0.717, 1.165) is 12.1 Å². The van der Waals surface area contributed by atoms with E-state index in [4.69, 9.17) is 33.1 Å². The van der Waals surface area contributed by atoms with Crippen molar-refractivity contribution in [3.63, 3.8) is 0 Å². The molecule has 6 nitrogen and oxygen atoms in total. The Hall–Kier alpha value is -0.860. The van der Waals surface area contributed by atoms with Gasteiger partial charge in [-0.15, -0.1) is 0 Å². The predicted molar refractivity (Wildman–Crippen MR) is 79.1 cm³/mol. The van der Waals surface area contributed by atoms with Crippen molar-refractivity contribution < 1.29 is 17.9 Å². The zero-order valence-corrected chi connectivity index (χ0v) is 13.3. The minimum Gasteiger partial charge on any atom is -0.381 e. The van der Waals surface area contributed by atoms with E-state index in [0.29, 0.717) is 26.1 Å². The summed E-state index contributed by atoms with van der Waals surface area (Å²) in [7, 11) is -3.97. The fraction of sp³-hybridized carbons (Fsp3) is 0.417. The molecule has 0 atom stereocenters. The van der Waals surface area contributed by atoms with Gasteiger partial charge in [0.2, 0.25) is 10.0 Å². The lowest BCUT2D eigenvalue weighted by atomic mass is 10.1. The molecule has 1 aromatic carbocycles. The zero-order chi connectivity index (χ0) is 15.6. The number of rotatable bonds is 3. The van der Waals surface area contributed by atoms with Gasteiger partial charge in [-0.2, -0.15) is 0 Å². The van der Waals surface area contributed by atoms with Gasteiger partial charge in [0.25, 0.3) is 5.91 Å². The third kappa shape index (κ3) is 4.08. The van der Waals surface area contributed by atoms with E-state index < -0.39 is 15.9 Å². The highest BCUT2D eigenvalue weighted by atomic mass is 35.5. The lowest BCUT2D eigenvalue weighted by Crippen LogP contribution is -2.39. The fourth-order valence-corrected chi connectivity index (χ4v) is 3.04. The molecule has 0 aliphatic carbocycles. The zero-order valence-electron chi connectivity index (χ0n) is 10.9. The first-order valence-electron chi connectivity index (χ1n) is 6.19. The summed E-state index contributed by atoms with van der Waals surface area (Å²) in [5.74, 6) is -0.487. The molecule has 3 N–H and O–H groups in total. The number of benzene rings is 1. The van der Waals surface area contributed by atoms with Gasteiger partial charge < -0.3 is 10.1 Å². The van der Waals surface area contributed by atoms with Crippen LogP contribution in [0.1, 0.15) is 23.2 Å². The number of hydrogen-bond acceptors (Lipinski definition) is 4. The molecule has 1 saturated heterocycles. The maximum atomic E-state index is 12.2. The summed E-state index contributed by atoms with van der Waals surface area (Å²) < 4.78 is 28.0. The molecular weight excluding hydrogens is 339 g/mol. The summed E-state index contributed by atoms with van der Waals surface area (Å²) >= 11 is 11.8. The third-order valence-corrected chi connectivity index (χ3v) is 4.83. The van der Waals surface area contributed by atoms with Crippen LogP contribution in [0.3, 0.4) is 0 Å². The molecular formula is C12H14Cl2N2O4S. The number of carbonyl (C=O) groups excluding carboxylic acids is 1. The summed E-state index contributed by atoms with van der Waals surface area (Å²) in [6, 6.07) is 2.20. The van der Waals surface area contributed by atoms with E-state index in [9.17, 15) is 13.2 Å². The van der Waals surface area contributed by atoms with Crippen LogP contribution in [0.15, 0.2) is 17.0 Å². The number of nitrogens with one attached hydrogen (secondary N) is 1. The number of carbonyl (C=O) groups is 1. The molecule has 116 valence electrons. The Labute approximate surface area is 132 Å². The van der Waals surface area contributed by atoms with Crippen LogP contribution in [0, 0.1) is 0 Å². The number of ether oxygens (including phenoxy) is 1. The molecule has 1 aliphatic rings. The molecule has 1 aromatic rings. The average molecular weight is 353 g/mol. The highest BCUT2D eigenvalue weighted by Crippen LogP contribution is 2.29. The van der Waals surface area contributed by atoms with E-state index in [1.807, 2.05) is 0 Å². The topological polar surface area (TPSA) is 98.5 Å². The number of primary sulfonamides is 1. The first kappa shape index (κ1) is 16.5. The quantitative estimate of drug-likeness (QED) is 0.861. The standard InChI is InChI=1S/C12H14Cl2N2O4S/c13-10-6-8(21(15,18)19)5-9(11(10)14)12(17)16-7-1-3-20-4-2-7/h5-7H,1-4H2,(H,16,17)(H2,15,18,19). The van der Waals surface area contributed by atoms with Crippen molar-refractivity contribution in [2.45, 2.75) is 23.8 Å². The Bertz CT molecular complexity index is 657. The van der Waals surface area contributed by atoms with Gasteiger partial charge in [0.1, 0.15) is 0 Å². The molecule has 2 rings (SSSR count). The molecule has 0 spiro atoms. The Balaban J connectivity index is 2.29. The molecule has 9 heteroatoms. The summed E-state index contributed by atoms with van der Waals surface area (Å²) in [6.45, 7) is 1.13. The van der Waals surface area contributed by atoms with Crippen LogP contribution in [-0.2, 0) is 14.8 Å². The first-order chi connectivity index (χ1) is 9.79. The van der Waals surface area contributed by atoms with Gasteiger partial charge >= 0.3 is 0 Å². The van der Waals surface area contributed by atoms with Crippen LogP contribution in [0.4, 0.5) is 0 Å². The highest BCUT2D eigenvalue weighted by molar-refractivity contribution is 7.89. The van der Waals surface area contributed by atoms with E-state index in [-0.39, 0.29) is 26.5 Å². The number of hydrogen-bond donors (Lipinski definition) is 2. The van der Waals surface area contributed by atoms with Gasteiger partial charge in [0, 0.05) is 19.3 Å². The van der Waals surface area contributed by atoms with Crippen LogP contribution < -0.4 is 10.5 Å². The van der Waals surface area contributed by atoms with Crippen LogP contribution >= 0.6 is 23.2 Å². The molecule has 1 fully saturated rings. The van der Waals surface area contributed by atoms with Crippen molar-refractivity contribution in [3.05, 3.63) is 27.7 Å². The summed E-state index contributed by atoms with van der Waals surface area (Å²) in [4.78, 5) is 12.0. The number of halogens is 2. The van der Waals surface area contributed by atoms with Crippen molar-refractivity contribution in [1.82, 2.24) is 5.32 Å². The Morgan fingerprint density at radius 3 is 2.48 bits per heavy atom. The predicted octanol–water partition coefficient (Wildman–Crippen LogP) is 1.55. The van der Waals surface area contributed by atoms with Gasteiger partial charge in [-0.3, -0.25) is 4.79 Å². The smallest absolute Gasteiger partial charge is 0.253 e. The minimum atomic E-state index is -3.97. The van der Waals surface area contributed by atoms with Crippen LogP contribution in [0.5, 0.6) is 0 Å². The second-order valence-electron chi connectivity index (χ2n) is 4.67. The van der Waals surface area contributed by atoms with E-state index in [1.165, 1.54) is 0 Å². The maximum absolute atomic E-state index is 12.2. The van der Waals surface area contributed by atoms with Crippen LogP contribution in [0.25, 0.3) is 0 Å². The van der Waals surface area contributed by atoms with Crippen molar-refractivity contribution in [3.8, 4) is 0 Å². The fourth-order valence-electron chi connectivity index (χ4n) is 2.00. The van der Waals surface area contributed by atoms with Crippen molar-refractivity contribution in [2.24, 2.45) is 5.14 Å².